The molecular weight excluding hydrogens is 258 g/mol. The van der Waals surface area contributed by atoms with Gasteiger partial charge in [-0.1, -0.05) is 47.5 Å². The lowest BCUT2D eigenvalue weighted by molar-refractivity contribution is 0.0985. The van der Waals surface area contributed by atoms with Gasteiger partial charge >= 0.3 is 0 Å². The Morgan fingerprint density at radius 3 is 2.19 bits per heavy atom. The van der Waals surface area contributed by atoms with Crippen molar-refractivity contribution >= 4 is 11.5 Å². The summed E-state index contributed by atoms with van der Waals surface area (Å²) in [5.41, 5.74) is 5.69. The molecule has 0 amide bonds. The Balaban J connectivity index is 1.98. The quantitative estimate of drug-likeness (QED) is 0.761. The predicted octanol–water partition coefficient (Wildman–Crippen LogP) is 4.32. The smallest absolute Gasteiger partial charge is 0.164 e. The number of Topliss-reactive ketones (excluding diaryl/α,β-unsaturated/α-hetero) is 1. The molecule has 0 aliphatic rings. The van der Waals surface area contributed by atoms with Gasteiger partial charge in [0.25, 0.3) is 0 Å². The topological polar surface area (TPSA) is 20.3 Å². The maximum atomic E-state index is 12.2. The molecule has 0 fully saturated rings. The second-order valence-corrected chi connectivity index (χ2v) is 5.75. The zero-order valence-electron chi connectivity index (χ0n) is 13.3. The van der Waals surface area contributed by atoms with E-state index in [0.717, 1.165) is 12.1 Å². The summed E-state index contributed by atoms with van der Waals surface area (Å²) in [6.07, 6.45) is 0.535. The van der Waals surface area contributed by atoms with Gasteiger partial charge in [0.2, 0.25) is 0 Å². The molecule has 0 radical (unpaired) electrons. The molecule has 2 rings (SSSR count). The minimum absolute atomic E-state index is 0.201. The lowest BCUT2D eigenvalue weighted by Gasteiger charge is -2.21. The van der Waals surface area contributed by atoms with Crippen LogP contribution in [-0.4, -0.2) is 19.4 Å². The van der Waals surface area contributed by atoms with Crippen LogP contribution in [0.2, 0.25) is 0 Å². The highest BCUT2D eigenvalue weighted by Crippen LogP contribution is 2.20. The molecule has 0 aliphatic heterocycles. The van der Waals surface area contributed by atoms with Crippen LogP contribution in [0.15, 0.2) is 42.5 Å². The Hall–Kier alpha value is -2.09. The summed E-state index contributed by atoms with van der Waals surface area (Å²) < 4.78 is 0. The standard InChI is InChI=1S/C19H23NO/c1-14-5-8-17(9-6-14)19(21)11-12-20(4)18-10-7-15(2)13-16(18)3/h5-10,13H,11-12H2,1-4H3. The van der Waals surface area contributed by atoms with Crippen LogP contribution in [0, 0.1) is 20.8 Å². The van der Waals surface area contributed by atoms with Crippen LogP contribution in [-0.2, 0) is 0 Å². The molecule has 2 nitrogen and oxygen atoms in total. The van der Waals surface area contributed by atoms with Crippen LogP contribution in [0.4, 0.5) is 5.69 Å². The lowest BCUT2D eigenvalue weighted by Crippen LogP contribution is -2.22. The van der Waals surface area contributed by atoms with Crippen molar-refractivity contribution in [1.82, 2.24) is 0 Å². The fourth-order valence-electron chi connectivity index (χ4n) is 2.51. The fraction of sp³-hybridized carbons (Fsp3) is 0.316. The summed E-state index contributed by atoms with van der Waals surface area (Å²) in [6.45, 7) is 6.97. The number of hydrogen-bond donors (Lipinski definition) is 0. The maximum absolute atomic E-state index is 12.2. The molecule has 0 unspecified atom stereocenters. The number of hydrogen-bond acceptors (Lipinski definition) is 2. The van der Waals surface area contributed by atoms with Gasteiger partial charge in [0.05, 0.1) is 0 Å². The molecule has 110 valence electrons. The van der Waals surface area contributed by atoms with Gasteiger partial charge in [-0.25, -0.2) is 0 Å². The van der Waals surface area contributed by atoms with Crippen LogP contribution >= 0.6 is 0 Å². The molecule has 0 spiro atoms. The highest BCUT2D eigenvalue weighted by molar-refractivity contribution is 5.96. The number of ketones is 1. The van der Waals surface area contributed by atoms with E-state index in [1.165, 1.54) is 22.4 Å². The van der Waals surface area contributed by atoms with Gasteiger partial charge in [-0.2, -0.15) is 0 Å². The summed E-state index contributed by atoms with van der Waals surface area (Å²) in [4.78, 5) is 14.4. The number of rotatable bonds is 5. The monoisotopic (exact) mass is 281 g/mol. The third-order valence-corrected chi connectivity index (χ3v) is 3.81. The Kier molecular flexibility index (Phi) is 4.79. The Bertz CT molecular complexity index is 629. The van der Waals surface area contributed by atoms with Gasteiger partial charge in [0.1, 0.15) is 0 Å². The van der Waals surface area contributed by atoms with Crippen molar-refractivity contribution in [3.8, 4) is 0 Å². The van der Waals surface area contributed by atoms with Gasteiger partial charge in [-0.3, -0.25) is 4.79 Å². The average molecular weight is 281 g/mol. The second kappa shape index (κ2) is 6.57. The molecule has 0 aliphatic carbocycles. The van der Waals surface area contributed by atoms with Crippen LogP contribution in [0.5, 0.6) is 0 Å². The molecule has 2 aromatic rings. The third-order valence-electron chi connectivity index (χ3n) is 3.81. The summed E-state index contributed by atoms with van der Waals surface area (Å²) in [7, 11) is 2.04. The molecule has 0 saturated heterocycles. The van der Waals surface area contributed by atoms with Crippen molar-refractivity contribution < 1.29 is 4.79 Å². The predicted molar refractivity (Wildman–Crippen MR) is 89.3 cm³/mol. The van der Waals surface area contributed by atoms with Crippen LogP contribution < -0.4 is 4.90 Å². The van der Waals surface area contributed by atoms with Gasteiger partial charge < -0.3 is 4.90 Å². The minimum Gasteiger partial charge on any atom is -0.374 e. The van der Waals surface area contributed by atoms with E-state index in [0.29, 0.717) is 6.42 Å². The zero-order valence-corrected chi connectivity index (χ0v) is 13.3. The molecule has 0 N–H and O–H groups in total. The SMILES string of the molecule is Cc1ccc(C(=O)CCN(C)c2ccc(C)cc2C)cc1. The molecule has 0 aromatic heterocycles. The number of anilines is 1. The van der Waals surface area contributed by atoms with E-state index in [2.05, 4.69) is 36.9 Å². The first-order valence-corrected chi connectivity index (χ1v) is 7.35. The number of benzene rings is 2. The highest BCUT2D eigenvalue weighted by atomic mass is 16.1. The average Bonchev–Trinajstić information content (AvgIpc) is 2.45. The Morgan fingerprint density at radius 1 is 0.952 bits per heavy atom. The fourth-order valence-corrected chi connectivity index (χ4v) is 2.51. The van der Waals surface area contributed by atoms with Crippen LogP contribution in [0.3, 0.4) is 0 Å². The van der Waals surface area contributed by atoms with Crippen molar-refractivity contribution in [2.75, 3.05) is 18.5 Å². The number of carbonyl (C=O) groups excluding carboxylic acids is 1. The van der Waals surface area contributed by atoms with Crippen molar-refractivity contribution in [3.63, 3.8) is 0 Å². The zero-order chi connectivity index (χ0) is 15.4. The third kappa shape index (κ3) is 3.94. The molecule has 0 heterocycles. The van der Waals surface area contributed by atoms with Gasteiger partial charge in [-0.05, 0) is 32.4 Å². The van der Waals surface area contributed by atoms with Crippen molar-refractivity contribution in [2.24, 2.45) is 0 Å². The first-order valence-electron chi connectivity index (χ1n) is 7.35. The van der Waals surface area contributed by atoms with E-state index in [4.69, 9.17) is 0 Å². The number of aryl methyl sites for hydroxylation is 3. The summed E-state index contributed by atoms with van der Waals surface area (Å²) in [5, 5.41) is 0. The molecule has 0 atom stereocenters. The Labute approximate surface area is 127 Å². The largest absolute Gasteiger partial charge is 0.374 e. The van der Waals surface area contributed by atoms with Crippen LogP contribution in [0.1, 0.15) is 33.5 Å². The summed E-state index contributed by atoms with van der Waals surface area (Å²) >= 11 is 0. The van der Waals surface area contributed by atoms with E-state index in [1.54, 1.807) is 0 Å². The van der Waals surface area contributed by atoms with Crippen molar-refractivity contribution in [2.45, 2.75) is 27.2 Å². The van der Waals surface area contributed by atoms with Gasteiger partial charge in [0.15, 0.2) is 5.78 Å². The molecule has 0 saturated carbocycles. The summed E-state index contributed by atoms with van der Waals surface area (Å²) in [5.74, 6) is 0.201. The Morgan fingerprint density at radius 2 is 1.57 bits per heavy atom. The highest BCUT2D eigenvalue weighted by Gasteiger charge is 2.09. The second-order valence-electron chi connectivity index (χ2n) is 5.75. The lowest BCUT2D eigenvalue weighted by atomic mass is 10.1. The molecule has 0 bridgehead atoms. The molecule has 21 heavy (non-hydrogen) atoms. The van der Waals surface area contributed by atoms with E-state index in [-0.39, 0.29) is 5.78 Å². The van der Waals surface area contributed by atoms with E-state index in [9.17, 15) is 4.79 Å². The number of carbonyl (C=O) groups is 1. The first kappa shape index (κ1) is 15.3. The summed E-state index contributed by atoms with van der Waals surface area (Å²) in [6, 6.07) is 14.2. The first-order chi connectivity index (χ1) is 9.97. The molecular formula is C19H23NO. The van der Waals surface area contributed by atoms with E-state index in [1.807, 2.05) is 38.2 Å². The molecule has 2 heteroatoms. The maximum Gasteiger partial charge on any atom is 0.164 e. The van der Waals surface area contributed by atoms with E-state index >= 15 is 0 Å². The van der Waals surface area contributed by atoms with Crippen LogP contribution in [0.25, 0.3) is 0 Å². The minimum atomic E-state index is 0.201. The molecule has 2 aromatic carbocycles. The number of nitrogens with zero attached hydrogens (tertiary/aromatic N) is 1. The normalized spacial score (nSPS) is 10.5. The van der Waals surface area contributed by atoms with Crippen molar-refractivity contribution in [1.29, 1.82) is 0 Å². The van der Waals surface area contributed by atoms with Crippen molar-refractivity contribution in [3.05, 3.63) is 64.7 Å². The van der Waals surface area contributed by atoms with Gasteiger partial charge in [0, 0.05) is 31.3 Å². The van der Waals surface area contributed by atoms with E-state index < -0.39 is 0 Å². The van der Waals surface area contributed by atoms with Gasteiger partial charge in [-0.15, -0.1) is 0 Å².